The van der Waals surface area contributed by atoms with E-state index in [1.807, 2.05) is 58.1 Å². The molecule has 0 spiro atoms. The lowest BCUT2D eigenvalue weighted by Crippen LogP contribution is -2.51. The largest absolute Gasteiger partial charge is 0.484 e. The second kappa shape index (κ2) is 9.73. The highest BCUT2D eigenvalue weighted by Gasteiger charge is 2.21. The van der Waals surface area contributed by atoms with Gasteiger partial charge in [0.2, 0.25) is 0 Å². The van der Waals surface area contributed by atoms with Crippen LogP contribution in [0.1, 0.15) is 10.4 Å². The van der Waals surface area contributed by atoms with Crippen molar-refractivity contribution in [3.63, 3.8) is 0 Å². The number of carbonyl (C=O) groups is 2. The first-order valence-corrected chi connectivity index (χ1v) is 11.1. The van der Waals surface area contributed by atoms with E-state index in [9.17, 15) is 9.59 Å². The quantitative estimate of drug-likeness (QED) is 0.635. The van der Waals surface area contributed by atoms with Crippen LogP contribution >= 0.6 is 11.3 Å². The smallest absolute Gasteiger partial charge is 0.260 e. The summed E-state index contributed by atoms with van der Waals surface area (Å²) < 4.78 is 5.73. The number of fused-ring (bicyclic) bond motifs is 1. The van der Waals surface area contributed by atoms with Gasteiger partial charge in [0, 0.05) is 50.2 Å². The van der Waals surface area contributed by atoms with E-state index in [0.29, 0.717) is 30.9 Å². The van der Waals surface area contributed by atoms with Gasteiger partial charge in [-0.1, -0.05) is 30.3 Å². The van der Waals surface area contributed by atoms with Crippen molar-refractivity contribution >= 4 is 33.9 Å². The molecule has 1 aliphatic heterocycles. The molecule has 2 amide bonds. The number of nitrogens with zero attached hydrogens (tertiary/aromatic N) is 2. The molecule has 0 saturated carbocycles. The van der Waals surface area contributed by atoms with Gasteiger partial charge >= 0.3 is 0 Å². The highest BCUT2D eigenvalue weighted by atomic mass is 32.1. The zero-order valence-corrected chi connectivity index (χ0v) is 17.6. The van der Waals surface area contributed by atoms with Crippen LogP contribution in [0.15, 0.2) is 59.3 Å². The molecule has 2 heterocycles. The fourth-order valence-electron chi connectivity index (χ4n) is 3.54. The zero-order valence-electron chi connectivity index (χ0n) is 16.8. The lowest BCUT2D eigenvalue weighted by molar-refractivity contribution is -0.135. The van der Waals surface area contributed by atoms with Crippen molar-refractivity contribution in [1.82, 2.24) is 15.1 Å². The SMILES string of the molecule is O=C(NCCN1CCN(C(=O)COc2ccc3ccccc3c2)CC1)c1ccsc1. The van der Waals surface area contributed by atoms with Gasteiger partial charge < -0.3 is 15.0 Å². The van der Waals surface area contributed by atoms with Crippen molar-refractivity contribution in [3.8, 4) is 5.75 Å². The van der Waals surface area contributed by atoms with Crippen LogP contribution in [0.4, 0.5) is 0 Å². The van der Waals surface area contributed by atoms with Crippen LogP contribution in [-0.4, -0.2) is 67.5 Å². The van der Waals surface area contributed by atoms with Crippen molar-refractivity contribution in [1.29, 1.82) is 0 Å². The van der Waals surface area contributed by atoms with Gasteiger partial charge in [-0.2, -0.15) is 11.3 Å². The number of hydrogen-bond acceptors (Lipinski definition) is 5. The Hall–Kier alpha value is -2.90. The van der Waals surface area contributed by atoms with E-state index in [1.165, 1.54) is 11.3 Å². The van der Waals surface area contributed by atoms with Crippen molar-refractivity contribution in [2.24, 2.45) is 0 Å². The number of hydrogen-bond donors (Lipinski definition) is 1. The third-order valence-electron chi connectivity index (χ3n) is 5.31. The third kappa shape index (κ3) is 5.17. The molecule has 6 nitrogen and oxygen atoms in total. The monoisotopic (exact) mass is 423 g/mol. The average molecular weight is 424 g/mol. The van der Waals surface area contributed by atoms with Gasteiger partial charge in [0.15, 0.2) is 6.61 Å². The average Bonchev–Trinajstić information content (AvgIpc) is 3.33. The summed E-state index contributed by atoms with van der Waals surface area (Å²) in [5, 5.41) is 8.94. The first-order chi connectivity index (χ1) is 14.7. The summed E-state index contributed by atoms with van der Waals surface area (Å²) in [5.41, 5.74) is 0.710. The molecule has 4 rings (SSSR count). The predicted molar refractivity (Wildman–Crippen MR) is 119 cm³/mol. The Morgan fingerprint density at radius 3 is 2.57 bits per heavy atom. The lowest BCUT2D eigenvalue weighted by Gasteiger charge is -2.34. The minimum absolute atomic E-state index is 0.00793. The zero-order chi connectivity index (χ0) is 20.8. The Balaban J connectivity index is 1.17. The number of benzene rings is 2. The van der Waals surface area contributed by atoms with Gasteiger partial charge in [0.1, 0.15) is 5.75 Å². The van der Waals surface area contributed by atoms with Crippen molar-refractivity contribution < 1.29 is 14.3 Å². The number of amides is 2. The normalized spacial score (nSPS) is 14.6. The first kappa shape index (κ1) is 20.4. The van der Waals surface area contributed by atoms with Crippen LogP contribution in [-0.2, 0) is 4.79 Å². The number of piperazine rings is 1. The molecule has 0 aliphatic carbocycles. The van der Waals surface area contributed by atoms with Crippen LogP contribution in [0.2, 0.25) is 0 Å². The van der Waals surface area contributed by atoms with Gasteiger partial charge in [0.05, 0.1) is 0 Å². The minimum Gasteiger partial charge on any atom is -0.484 e. The highest BCUT2D eigenvalue weighted by molar-refractivity contribution is 7.08. The Morgan fingerprint density at radius 2 is 1.80 bits per heavy atom. The van der Waals surface area contributed by atoms with Crippen LogP contribution in [0.25, 0.3) is 10.8 Å². The maximum Gasteiger partial charge on any atom is 0.260 e. The Kier molecular flexibility index (Phi) is 6.61. The molecule has 1 saturated heterocycles. The second-order valence-electron chi connectivity index (χ2n) is 7.29. The summed E-state index contributed by atoms with van der Waals surface area (Å²) in [4.78, 5) is 28.6. The lowest BCUT2D eigenvalue weighted by atomic mass is 10.1. The fourth-order valence-corrected chi connectivity index (χ4v) is 4.17. The van der Waals surface area contributed by atoms with E-state index < -0.39 is 0 Å². The fraction of sp³-hybridized carbons (Fsp3) is 0.304. The van der Waals surface area contributed by atoms with Crippen LogP contribution < -0.4 is 10.1 Å². The first-order valence-electron chi connectivity index (χ1n) is 10.1. The molecule has 3 aromatic rings. The molecule has 0 unspecified atom stereocenters. The summed E-state index contributed by atoms with van der Waals surface area (Å²) in [6, 6.07) is 15.8. The summed E-state index contributed by atoms with van der Waals surface area (Å²) >= 11 is 1.52. The topological polar surface area (TPSA) is 61.9 Å². The second-order valence-corrected chi connectivity index (χ2v) is 8.07. The summed E-state index contributed by atoms with van der Waals surface area (Å²) in [6.45, 7) is 4.40. The van der Waals surface area contributed by atoms with Crippen molar-refractivity contribution in [2.75, 3.05) is 45.9 Å². The molecule has 1 fully saturated rings. The molecule has 30 heavy (non-hydrogen) atoms. The highest BCUT2D eigenvalue weighted by Crippen LogP contribution is 2.20. The maximum absolute atomic E-state index is 12.5. The number of nitrogens with one attached hydrogen (secondary N) is 1. The number of rotatable bonds is 7. The molecule has 0 radical (unpaired) electrons. The standard InChI is InChI=1S/C23H25N3O3S/c27-22(16-29-21-6-5-18-3-1-2-4-19(18)15-21)26-12-10-25(11-13-26)9-8-24-23(28)20-7-14-30-17-20/h1-7,14-15,17H,8-13,16H2,(H,24,28). The molecule has 0 bridgehead atoms. The number of carbonyl (C=O) groups excluding carboxylic acids is 2. The Morgan fingerprint density at radius 1 is 1.00 bits per heavy atom. The van der Waals surface area contributed by atoms with E-state index in [1.54, 1.807) is 0 Å². The van der Waals surface area contributed by atoms with E-state index in [-0.39, 0.29) is 18.4 Å². The van der Waals surface area contributed by atoms with Crippen LogP contribution in [0, 0.1) is 0 Å². The molecule has 1 N–H and O–H groups in total. The van der Waals surface area contributed by atoms with E-state index in [2.05, 4.69) is 16.3 Å². The summed E-state index contributed by atoms with van der Waals surface area (Å²) in [6.07, 6.45) is 0. The van der Waals surface area contributed by atoms with Gasteiger partial charge in [-0.25, -0.2) is 0 Å². The molecular weight excluding hydrogens is 398 g/mol. The molecule has 0 atom stereocenters. The van der Waals surface area contributed by atoms with Crippen LogP contribution in [0.5, 0.6) is 5.75 Å². The van der Waals surface area contributed by atoms with Crippen molar-refractivity contribution in [2.45, 2.75) is 0 Å². The number of thiophene rings is 1. The predicted octanol–water partition coefficient (Wildman–Crippen LogP) is 2.85. The van der Waals surface area contributed by atoms with Crippen LogP contribution in [0.3, 0.4) is 0 Å². The molecular formula is C23H25N3O3S. The van der Waals surface area contributed by atoms with E-state index >= 15 is 0 Å². The maximum atomic E-state index is 12.5. The number of ether oxygens (including phenoxy) is 1. The molecule has 1 aromatic heterocycles. The Labute approximate surface area is 180 Å². The Bertz CT molecular complexity index is 998. The molecule has 2 aromatic carbocycles. The van der Waals surface area contributed by atoms with Gasteiger partial charge in [-0.15, -0.1) is 0 Å². The van der Waals surface area contributed by atoms with E-state index in [4.69, 9.17) is 4.74 Å². The van der Waals surface area contributed by atoms with E-state index in [0.717, 1.165) is 30.4 Å². The molecule has 1 aliphatic rings. The molecule has 156 valence electrons. The summed E-state index contributed by atoms with van der Waals surface area (Å²) in [5.74, 6) is 0.687. The third-order valence-corrected chi connectivity index (χ3v) is 5.99. The van der Waals surface area contributed by atoms with Gasteiger partial charge in [0.25, 0.3) is 11.8 Å². The summed E-state index contributed by atoms with van der Waals surface area (Å²) in [7, 11) is 0. The minimum atomic E-state index is -0.0316. The molecule has 7 heteroatoms. The van der Waals surface area contributed by atoms with Crippen molar-refractivity contribution in [3.05, 3.63) is 64.9 Å². The van der Waals surface area contributed by atoms with Gasteiger partial charge in [-0.05, 0) is 34.4 Å². The van der Waals surface area contributed by atoms with Gasteiger partial charge in [-0.3, -0.25) is 14.5 Å².